The molecule has 0 fully saturated rings. The summed E-state index contributed by atoms with van der Waals surface area (Å²) in [4.78, 5) is 25.4. The van der Waals surface area contributed by atoms with Crippen LogP contribution in [0.15, 0.2) is 67.0 Å². The molecule has 0 aliphatic carbocycles. The zero-order valence-corrected chi connectivity index (χ0v) is 19.3. The maximum atomic E-state index is 13.0. The highest BCUT2D eigenvalue weighted by Gasteiger charge is 2.23. The molecule has 9 nitrogen and oxygen atoms in total. The van der Waals surface area contributed by atoms with Gasteiger partial charge in [-0.05, 0) is 49.7 Å². The lowest BCUT2D eigenvalue weighted by Crippen LogP contribution is -2.19. The molecule has 0 saturated carbocycles. The van der Waals surface area contributed by atoms with Crippen molar-refractivity contribution in [2.45, 2.75) is 20.6 Å². The number of nitrogens with zero attached hydrogens (tertiary/aromatic N) is 4. The summed E-state index contributed by atoms with van der Waals surface area (Å²) in [6.45, 7) is 3.89. The van der Waals surface area contributed by atoms with Crippen LogP contribution in [0.3, 0.4) is 0 Å². The molecule has 174 valence electrons. The lowest BCUT2D eigenvalue weighted by atomic mass is 10.2. The molecule has 10 heteroatoms. The molecule has 2 aromatic heterocycles. The first-order valence-electron chi connectivity index (χ1n) is 10.5. The normalized spacial score (nSPS) is 10.7. The predicted octanol–water partition coefficient (Wildman–Crippen LogP) is 4.50. The number of carbonyl (C=O) groups is 2. The minimum absolute atomic E-state index is 0.0620. The molecule has 1 N–H and O–H groups in total. The molecule has 0 unspecified atom stereocenters. The van der Waals surface area contributed by atoms with Crippen molar-refractivity contribution in [3.05, 3.63) is 88.8 Å². The van der Waals surface area contributed by atoms with E-state index in [0.717, 1.165) is 5.56 Å². The average molecular weight is 480 g/mol. The Morgan fingerprint density at radius 3 is 2.68 bits per heavy atom. The van der Waals surface area contributed by atoms with Crippen LogP contribution < -0.4 is 10.1 Å². The van der Waals surface area contributed by atoms with Gasteiger partial charge in [-0.1, -0.05) is 35.9 Å². The van der Waals surface area contributed by atoms with Gasteiger partial charge >= 0.3 is 5.97 Å². The van der Waals surface area contributed by atoms with Gasteiger partial charge in [0.1, 0.15) is 11.3 Å². The lowest BCUT2D eigenvalue weighted by Gasteiger charge is -2.10. The molecule has 2 heterocycles. The number of hydrogen-bond acceptors (Lipinski definition) is 6. The lowest BCUT2D eigenvalue weighted by molar-refractivity contribution is 0.0527. The van der Waals surface area contributed by atoms with Gasteiger partial charge in [0.15, 0.2) is 18.2 Å². The van der Waals surface area contributed by atoms with Crippen molar-refractivity contribution >= 4 is 29.3 Å². The second kappa shape index (κ2) is 10.2. The van der Waals surface area contributed by atoms with Crippen molar-refractivity contribution in [3.8, 4) is 11.4 Å². The number of rotatable bonds is 8. The molecule has 0 bridgehead atoms. The van der Waals surface area contributed by atoms with Crippen LogP contribution in [0.1, 0.15) is 33.3 Å². The molecule has 0 atom stereocenters. The highest BCUT2D eigenvalue weighted by atomic mass is 35.5. The Morgan fingerprint density at radius 1 is 1.12 bits per heavy atom. The van der Waals surface area contributed by atoms with Gasteiger partial charge < -0.3 is 14.8 Å². The number of halogens is 1. The Labute approximate surface area is 200 Å². The quantitative estimate of drug-likeness (QED) is 0.373. The Balaban J connectivity index is 1.53. The van der Waals surface area contributed by atoms with Crippen LogP contribution in [0.5, 0.6) is 5.75 Å². The zero-order chi connectivity index (χ0) is 24.1. The van der Waals surface area contributed by atoms with Crippen LogP contribution in [-0.2, 0) is 11.5 Å². The molecule has 0 aliphatic heterocycles. The van der Waals surface area contributed by atoms with Gasteiger partial charge in [0, 0.05) is 6.20 Å². The van der Waals surface area contributed by atoms with Crippen LogP contribution >= 0.6 is 11.6 Å². The summed E-state index contributed by atoms with van der Waals surface area (Å²) < 4.78 is 13.8. The third kappa shape index (κ3) is 5.10. The highest BCUT2D eigenvalue weighted by Crippen LogP contribution is 2.25. The van der Waals surface area contributed by atoms with E-state index in [4.69, 9.17) is 21.1 Å². The minimum Gasteiger partial charge on any atom is -0.470 e. The number of anilines is 1. The summed E-state index contributed by atoms with van der Waals surface area (Å²) in [6.07, 6.45) is 2.97. The number of carbonyl (C=O) groups excluding carboxylic acids is 2. The number of hydrogen-bond donors (Lipinski definition) is 1. The topological polar surface area (TPSA) is 100 Å². The number of esters is 1. The number of aromatic nitrogens is 4. The smallest absolute Gasteiger partial charge is 0.343 e. The summed E-state index contributed by atoms with van der Waals surface area (Å²) in [5.41, 5.74) is 1.94. The highest BCUT2D eigenvalue weighted by molar-refractivity contribution is 6.32. The number of amides is 1. The first-order valence-corrected chi connectivity index (χ1v) is 10.9. The fraction of sp³-hybridized carbons (Fsp3) is 0.167. The Hall–Kier alpha value is -4.11. The van der Waals surface area contributed by atoms with E-state index in [1.165, 1.54) is 15.6 Å². The maximum Gasteiger partial charge on any atom is 0.343 e. The monoisotopic (exact) mass is 479 g/mol. The first-order chi connectivity index (χ1) is 16.5. The van der Waals surface area contributed by atoms with E-state index in [1.54, 1.807) is 37.4 Å². The number of aryl methyl sites for hydroxylation is 1. The summed E-state index contributed by atoms with van der Waals surface area (Å²) >= 11 is 6.16. The third-order valence-corrected chi connectivity index (χ3v) is 5.12. The van der Waals surface area contributed by atoms with E-state index in [2.05, 4.69) is 15.5 Å². The van der Waals surface area contributed by atoms with Crippen LogP contribution in [0.2, 0.25) is 5.02 Å². The Bertz CT molecular complexity index is 1320. The SMILES string of the molecule is CCOC(=O)c1cnn(-c2ccccc2)c1NC(=O)c1ccn(COc2cc(C)ccc2Cl)n1. The van der Waals surface area contributed by atoms with E-state index < -0.39 is 11.9 Å². The van der Waals surface area contributed by atoms with Gasteiger partial charge in [-0.3, -0.25) is 4.79 Å². The fourth-order valence-corrected chi connectivity index (χ4v) is 3.35. The zero-order valence-electron chi connectivity index (χ0n) is 18.6. The van der Waals surface area contributed by atoms with E-state index in [-0.39, 0.29) is 30.4 Å². The van der Waals surface area contributed by atoms with Gasteiger partial charge in [0.2, 0.25) is 0 Å². The van der Waals surface area contributed by atoms with Gasteiger partial charge in [-0.25, -0.2) is 14.2 Å². The van der Waals surface area contributed by atoms with Crippen molar-refractivity contribution in [2.75, 3.05) is 11.9 Å². The van der Waals surface area contributed by atoms with Gasteiger partial charge in [0.25, 0.3) is 5.91 Å². The summed E-state index contributed by atoms with van der Waals surface area (Å²) in [5, 5.41) is 11.7. The van der Waals surface area contributed by atoms with E-state index in [0.29, 0.717) is 16.5 Å². The largest absolute Gasteiger partial charge is 0.470 e. The molecule has 4 aromatic rings. The van der Waals surface area contributed by atoms with Crippen molar-refractivity contribution < 1.29 is 19.1 Å². The summed E-state index contributed by atoms with van der Waals surface area (Å²) in [5.74, 6) is -0.398. The Morgan fingerprint density at radius 2 is 1.91 bits per heavy atom. The van der Waals surface area contributed by atoms with Gasteiger partial charge in [-0.15, -0.1) is 0 Å². The fourth-order valence-electron chi connectivity index (χ4n) is 3.18. The standard InChI is InChI=1S/C24H22ClN5O4/c1-3-33-24(32)18-14-26-30(17-7-5-4-6-8-17)22(18)27-23(31)20-11-12-29(28-20)15-34-21-13-16(2)9-10-19(21)25/h4-14H,3,15H2,1-2H3,(H,27,31). The molecule has 2 aromatic carbocycles. The molecule has 0 spiro atoms. The second-order valence-electron chi connectivity index (χ2n) is 7.28. The van der Waals surface area contributed by atoms with E-state index in [1.807, 2.05) is 37.3 Å². The number of para-hydroxylation sites is 1. The third-order valence-electron chi connectivity index (χ3n) is 4.81. The minimum atomic E-state index is -0.589. The van der Waals surface area contributed by atoms with E-state index in [9.17, 15) is 9.59 Å². The van der Waals surface area contributed by atoms with Crippen molar-refractivity contribution in [1.29, 1.82) is 0 Å². The van der Waals surface area contributed by atoms with Crippen LogP contribution in [-0.4, -0.2) is 38.0 Å². The molecule has 0 saturated heterocycles. The molecule has 4 rings (SSSR count). The molecular formula is C24H22ClN5O4. The van der Waals surface area contributed by atoms with Crippen LogP contribution in [0.4, 0.5) is 5.82 Å². The van der Waals surface area contributed by atoms with Gasteiger partial charge in [0.05, 0.1) is 23.5 Å². The molecule has 0 radical (unpaired) electrons. The molecule has 1 amide bonds. The van der Waals surface area contributed by atoms with E-state index >= 15 is 0 Å². The average Bonchev–Trinajstić information content (AvgIpc) is 3.48. The van der Waals surface area contributed by atoms with Crippen molar-refractivity contribution in [2.24, 2.45) is 0 Å². The summed E-state index contributed by atoms with van der Waals surface area (Å²) in [7, 11) is 0. The molecule has 34 heavy (non-hydrogen) atoms. The number of nitrogens with one attached hydrogen (secondary N) is 1. The summed E-state index contributed by atoms with van der Waals surface area (Å²) in [6, 6.07) is 16.1. The number of ether oxygens (including phenoxy) is 2. The first kappa shape index (κ1) is 23.1. The maximum absolute atomic E-state index is 13.0. The van der Waals surface area contributed by atoms with Gasteiger partial charge in [-0.2, -0.15) is 10.2 Å². The molecule has 0 aliphatic rings. The van der Waals surface area contributed by atoms with Crippen molar-refractivity contribution in [3.63, 3.8) is 0 Å². The van der Waals surface area contributed by atoms with Crippen LogP contribution in [0, 0.1) is 6.92 Å². The number of benzene rings is 2. The Kier molecular flexibility index (Phi) is 6.93. The second-order valence-corrected chi connectivity index (χ2v) is 7.68. The predicted molar refractivity (Wildman–Crippen MR) is 127 cm³/mol. The molecular weight excluding hydrogens is 458 g/mol. The van der Waals surface area contributed by atoms with Crippen molar-refractivity contribution in [1.82, 2.24) is 19.6 Å². The van der Waals surface area contributed by atoms with Crippen LogP contribution in [0.25, 0.3) is 5.69 Å².